The molecule has 0 heterocycles. The van der Waals surface area contributed by atoms with Crippen LogP contribution in [0.15, 0.2) is 97.1 Å². The Hall–Kier alpha value is -2.90. The molecule has 2 atom stereocenters. The zero-order valence-electron chi connectivity index (χ0n) is 29.7. The molecule has 2 aliphatic carbocycles. The van der Waals surface area contributed by atoms with Crippen LogP contribution in [-0.2, 0) is 27.9 Å². The molecule has 1 heteroatoms. The molecule has 0 N–H and O–H groups in total. The van der Waals surface area contributed by atoms with E-state index < -0.39 is 15.1 Å². The van der Waals surface area contributed by atoms with Crippen LogP contribution in [0.25, 0.3) is 34.4 Å². The third-order valence-corrected chi connectivity index (χ3v) is 56.7. The standard InChI is InChI=1S/2C17H15.2C4H9.2CH3.CH2.Hf/c2*1-2-13-7-3-4-10-15(13)17-12-6-9-14-8-5-11-16(14)17;2*1-4(2)3;;;;/h2*3-12H,2H2,1H3;2*4H,1H2,2-3H3;2*1H3;1H2;. The van der Waals surface area contributed by atoms with Gasteiger partial charge >= 0.3 is 275 Å². The first-order chi connectivity index (χ1) is 21.7. The molecular weight excluding hydrogens is 719 g/mol. The third-order valence-electron chi connectivity index (χ3n) is 12.8. The van der Waals surface area contributed by atoms with Gasteiger partial charge in [-0.25, -0.2) is 0 Å². The molecule has 4 aromatic carbocycles. The molecule has 0 aromatic heterocycles. The van der Waals surface area contributed by atoms with Gasteiger partial charge in [-0.15, -0.1) is 0 Å². The summed E-state index contributed by atoms with van der Waals surface area (Å²) >= 11 is -5.47. The predicted molar refractivity (Wildman–Crippen MR) is 204 cm³/mol. The second-order valence-corrected chi connectivity index (χ2v) is 68.3. The topological polar surface area (TPSA) is 0 Å². The minimum absolute atomic E-state index is 0.296. The van der Waals surface area contributed by atoms with Crippen molar-refractivity contribution in [3.05, 3.63) is 130 Å². The summed E-state index contributed by atoms with van der Waals surface area (Å²) in [5, 5.41) is 0. The summed E-state index contributed by atoms with van der Waals surface area (Å²) in [6.07, 6.45) is 12.3. The van der Waals surface area contributed by atoms with Crippen molar-refractivity contribution in [1.82, 2.24) is 0 Å². The molecule has 0 spiro atoms. The Bertz CT molecular complexity index is 1880. The van der Waals surface area contributed by atoms with E-state index in [0.29, 0.717) is 19.2 Å². The van der Waals surface area contributed by atoms with E-state index in [1.807, 2.05) is 0 Å². The molecule has 0 amide bonds. The van der Waals surface area contributed by atoms with Crippen LogP contribution in [0.4, 0.5) is 0 Å². The fraction of sp³-hybridized carbons (Fsp3) is 0.356. The normalized spacial score (nSPS) is 19.5. The van der Waals surface area contributed by atoms with Gasteiger partial charge in [-0.05, 0) is 0 Å². The Labute approximate surface area is 273 Å². The summed E-state index contributed by atoms with van der Waals surface area (Å²) in [4.78, 5) is 0. The van der Waals surface area contributed by atoms with E-state index in [0.717, 1.165) is 12.8 Å². The average molecular weight is 775 g/mol. The van der Waals surface area contributed by atoms with Crippen LogP contribution in [0.1, 0.15) is 82.3 Å². The summed E-state index contributed by atoms with van der Waals surface area (Å²) in [7, 11) is 0. The molecule has 0 radical (unpaired) electrons. The Morgan fingerprint density at radius 2 is 0.913 bits per heavy atom. The molecule has 0 saturated heterocycles. The van der Waals surface area contributed by atoms with Crippen LogP contribution in [0.2, 0.25) is 17.7 Å². The maximum atomic E-state index is 5.98. The molecule has 6 rings (SSSR count). The van der Waals surface area contributed by atoms with Crippen molar-refractivity contribution in [2.75, 3.05) is 0 Å². The van der Waals surface area contributed by atoms with E-state index >= 15 is 0 Å². The van der Waals surface area contributed by atoms with Gasteiger partial charge in [0.05, 0.1) is 0 Å². The quantitative estimate of drug-likeness (QED) is 0.141. The van der Waals surface area contributed by atoms with Gasteiger partial charge in [0, 0.05) is 0 Å². The van der Waals surface area contributed by atoms with Crippen molar-refractivity contribution in [1.29, 1.82) is 0 Å². The van der Waals surface area contributed by atoms with Crippen molar-refractivity contribution in [2.24, 2.45) is 11.8 Å². The number of hydrogen-bond acceptors (Lipinski definition) is 0. The number of aryl methyl sites for hydroxylation is 2. The molecule has 2 aliphatic rings. The van der Waals surface area contributed by atoms with Crippen LogP contribution >= 0.6 is 0 Å². The van der Waals surface area contributed by atoms with Crippen molar-refractivity contribution in [3.8, 4) is 22.3 Å². The Morgan fingerprint density at radius 1 is 0.543 bits per heavy atom. The molecule has 240 valence electrons. The first-order valence-electron chi connectivity index (χ1n) is 18.0. The molecule has 0 fully saturated rings. The van der Waals surface area contributed by atoms with Crippen molar-refractivity contribution in [2.45, 2.75) is 79.4 Å². The summed E-state index contributed by atoms with van der Waals surface area (Å²) in [6.45, 7) is 14.4. The second kappa shape index (κ2) is 10.6. The molecule has 2 unspecified atom stereocenters. The number of rotatable bonds is 10. The van der Waals surface area contributed by atoms with Crippen LogP contribution < -0.4 is 0 Å². The summed E-state index contributed by atoms with van der Waals surface area (Å²) in [6, 6.07) is 32.3. The van der Waals surface area contributed by atoms with Crippen molar-refractivity contribution in [3.63, 3.8) is 0 Å². The van der Waals surface area contributed by atoms with Gasteiger partial charge in [0.15, 0.2) is 0 Å². The summed E-state index contributed by atoms with van der Waals surface area (Å²) in [5.41, 5.74) is 14.2. The fourth-order valence-corrected chi connectivity index (χ4v) is 64.1. The number of fused-ring (bicyclic) bond motifs is 2. The van der Waals surface area contributed by atoms with Gasteiger partial charge in [-0.2, -0.15) is 0 Å². The Kier molecular flexibility index (Phi) is 7.57. The first-order valence-corrected chi connectivity index (χ1v) is 37.0. The molecule has 0 bridgehead atoms. The summed E-state index contributed by atoms with van der Waals surface area (Å²) < 4.78 is 14.5. The zero-order chi connectivity index (χ0) is 33.0. The second-order valence-electron chi connectivity index (χ2n) is 18.4. The minimum atomic E-state index is -5.47. The van der Waals surface area contributed by atoms with Gasteiger partial charge in [0.1, 0.15) is 0 Å². The van der Waals surface area contributed by atoms with Crippen LogP contribution in [-0.4, -0.2) is 4.26 Å². The van der Waals surface area contributed by atoms with E-state index in [2.05, 4.69) is 160 Å². The molecular formula is C45H56Hf. The monoisotopic (exact) mass is 776 g/mol. The first kappa shape index (κ1) is 33.0. The van der Waals surface area contributed by atoms with Crippen LogP contribution in [0.5, 0.6) is 0 Å². The van der Waals surface area contributed by atoms with Crippen molar-refractivity contribution >= 4 is 16.4 Å². The summed E-state index contributed by atoms with van der Waals surface area (Å²) in [5.74, 6) is 1.05. The number of allylic oxidation sites excluding steroid dienone is 2. The van der Waals surface area contributed by atoms with Gasteiger partial charge in [0.25, 0.3) is 0 Å². The van der Waals surface area contributed by atoms with E-state index in [1.165, 1.54) is 64.0 Å². The van der Waals surface area contributed by atoms with E-state index in [-0.39, 0.29) is 0 Å². The van der Waals surface area contributed by atoms with Gasteiger partial charge in [-0.1, -0.05) is 0 Å². The third kappa shape index (κ3) is 4.82. The zero-order valence-corrected chi connectivity index (χ0v) is 33.3. The molecule has 46 heavy (non-hydrogen) atoms. The maximum absolute atomic E-state index is 5.98. The predicted octanol–water partition coefficient (Wildman–Crippen LogP) is 13.4. The number of hydrogen-bond donors (Lipinski definition) is 0. The fourth-order valence-electron chi connectivity index (χ4n) is 12.2. The Morgan fingerprint density at radius 3 is 1.28 bits per heavy atom. The Balaban J connectivity index is 1.66. The molecule has 0 saturated carbocycles. The van der Waals surface area contributed by atoms with E-state index in [1.54, 1.807) is 0 Å². The van der Waals surface area contributed by atoms with Gasteiger partial charge in [-0.3, -0.25) is 0 Å². The molecule has 0 aliphatic heterocycles. The average Bonchev–Trinajstić information content (AvgIpc) is 3.67. The molecule has 0 nitrogen and oxygen atoms in total. The van der Waals surface area contributed by atoms with E-state index in [4.69, 9.17) is 4.26 Å². The van der Waals surface area contributed by atoms with E-state index in [9.17, 15) is 0 Å². The van der Waals surface area contributed by atoms with Gasteiger partial charge in [0.2, 0.25) is 0 Å². The van der Waals surface area contributed by atoms with Crippen molar-refractivity contribution < 1.29 is 15.1 Å². The van der Waals surface area contributed by atoms with Crippen LogP contribution in [0.3, 0.4) is 0 Å². The number of benzene rings is 4. The van der Waals surface area contributed by atoms with Crippen LogP contribution in [0, 0.1) is 11.8 Å². The van der Waals surface area contributed by atoms with Gasteiger partial charge < -0.3 is 0 Å². The SMILES string of the molecule is [CH2]=[Hf]([CH3])([CH3])([CH2]C(C)C)([CH2]C(C)C)([CH]1C=Cc2c(-c3ccccc3CC)cccc21)[CH]1C=Cc2c(-c3ccccc3CC)cccc21. The molecule has 4 aromatic rings.